The number of benzene rings is 1. The quantitative estimate of drug-likeness (QED) is 0.763. The lowest BCUT2D eigenvalue weighted by Crippen LogP contribution is -2.12. The van der Waals surface area contributed by atoms with Gasteiger partial charge in [0.2, 0.25) is 0 Å². The lowest BCUT2D eigenvalue weighted by Gasteiger charge is -2.10. The molecule has 23 heavy (non-hydrogen) atoms. The molecule has 2 aromatic heterocycles. The van der Waals surface area contributed by atoms with Gasteiger partial charge in [-0.15, -0.1) is 0 Å². The van der Waals surface area contributed by atoms with Gasteiger partial charge in [-0.1, -0.05) is 23.7 Å². The topological polar surface area (TPSA) is 42.2 Å². The van der Waals surface area contributed by atoms with Gasteiger partial charge >= 0.3 is 6.18 Å². The van der Waals surface area contributed by atoms with Crippen LogP contribution in [-0.2, 0) is 6.18 Å². The van der Waals surface area contributed by atoms with E-state index >= 15 is 0 Å². The van der Waals surface area contributed by atoms with E-state index in [-0.39, 0.29) is 11.5 Å². The van der Waals surface area contributed by atoms with Gasteiger partial charge in [0.1, 0.15) is 5.82 Å². The highest BCUT2D eigenvalue weighted by atomic mass is 35.5. The smallest absolute Gasteiger partial charge is 0.370 e. The number of fused-ring (bicyclic) bond motifs is 1. The first-order valence-corrected chi connectivity index (χ1v) is 7.24. The zero-order valence-corrected chi connectivity index (χ0v) is 12.8. The highest BCUT2D eigenvalue weighted by molar-refractivity contribution is 6.30. The summed E-state index contributed by atoms with van der Waals surface area (Å²) in [5, 5.41) is 7.78. The van der Waals surface area contributed by atoms with E-state index < -0.39 is 11.9 Å². The minimum Gasteiger partial charge on any atom is -0.370 e. The molecule has 120 valence electrons. The van der Waals surface area contributed by atoms with Crippen molar-refractivity contribution in [3.63, 3.8) is 0 Å². The van der Waals surface area contributed by atoms with Crippen LogP contribution in [0.25, 0.3) is 16.9 Å². The van der Waals surface area contributed by atoms with Crippen LogP contribution in [0.2, 0.25) is 5.02 Å². The molecule has 0 radical (unpaired) electrons. The number of nitrogens with zero attached hydrogens (tertiary/aromatic N) is 3. The summed E-state index contributed by atoms with van der Waals surface area (Å²) in [5.41, 5.74) is 0.438. The molecule has 0 amide bonds. The number of hydrogen-bond donors (Lipinski definition) is 1. The van der Waals surface area contributed by atoms with Gasteiger partial charge < -0.3 is 5.32 Å². The van der Waals surface area contributed by atoms with Gasteiger partial charge in [0, 0.05) is 29.3 Å². The van der Waals surface area contributed by atoms with Crippen LogP contribution < -0.4 is 5.32 Å². The third kappa shape index (κ3) is 3.10. The van der Waals surface area contributed by atoms with E-state index in [1.54, 1.807) is 31.2 Å². The lowest BCUT2D eigenvalue weighted by atomic mass is 10.2. The van der Waals surface area contributed by atoms with Crippen LogP contribution >= 0.6 is 11.6 Å². The summed E-state index contributed by atoms with van der Waals surface area (Å²) in [7, 11) is 0. The molecule has 0 aliphatic rings. The molecule has 1 aromatic carbocycles. The minimum atomic E-state index is -4.52. The molecule has 2 heterocycles. The predicted octanol–water partition coefficient (Wildman–Crippen LogP) is 4.50. The van der Waals surface area contributed by atoms with Crippen LogP contribution in [0.5, 0.6) is 0 Å². The summed E-state index contributed by atoms with van der Waals surface area (Å²) in [5.74, 6) is 0.241. The first-order chi connectivity index (χ1) is 10.9. The van der Waals surface area contributed by atoms with E-state index in [4.69, 9.17) is 11.6 Å². The van der Waals surface area contributed by atoms with Gasteiger partial charge in [-0.2, -0.15) is 22.8 Å². The van der Waals surface area contributed by atoms with Gasteiger partial charge in [0.25, 0.3) is 0 Å². The van der Waals surface area contributed by atoms with Crippen LogP contribution in [0.15, 0.2) is 36.4 Å². The van der Waals surface area contributed by atoms with Crippen LogP contribution in [0.3, 0.4) is 0 Å². The maximum absolute atomic E-state index is 13.0. The predicted molar refractivity (Wildman–Crippen MR) is 82.6 cm³/mol. The van der Waals surface area contributed by atoms with E-state index in [9.17, 15) is 13.2 Å². The standard InChI is InChI=1S/C15H12ClF3N4/c1-2-20-13-8-12(15(17,18)19)21-14-7-11(22-23(13)14)9-3-5-10(16)6-4-9/h3-8,20H,2H2,1H3. The number of aromatic nitrogens is 3. The Morgan fingerprint density at radius 2 is 1.87 bits per heavy atom. The van der Waals surface area contributed by atoms with Crippen LogP contribution in [0.4, 0.5) is 19.0 Å². The largest absolute Gasteiger partial charge is 0.433 e. The van der Waals surface area contributed by atoms with Crippen LogP contribution in [-0.4, -0.2) is 21.1 Å². The van der Waals surface area contributed by atoms with Crippen molar-refractivity contribution in [3.8, 4) is 11.3 Å². The number of halogens is 4. The molecule has 3 aromatic rings. The number of hydrogen-bond acceptors (Lipinski definition) is 3. The van der Waals surface area contributed by atoms with Crippen molar-refractivity contribution in [2.75, 3.05) is 11.9 Å². The van der Waals surface area contributed by atoms with Crippen molar-refractivity contribution in [1.29, 1.82) is 0 Å². The maximum atomic E-state index is 13.0. The second-order valence-corrected chi connectivity index (χ2v) is 5.30. The highest BCUT2D eigenvalue weighted by Gasteiger charge is 2.33. The summed E-state index contributed by atoms with van der Waals surface area (Å²) in [4.78, 5) is 3.66. The van der Waals surface area contributed by atoms with Gasteiger partial charge in [0.05, 0.1) is 5.69 Å². The van der Waals surface area contributed by atoms with Crippen molar-refractivity contribution >= 4 is 23.1 Å². The fourth-order valence-electron chi connectivity index (χ4n) is 2.19. The van der Waals surface area contributed by atoms with Crippen LogP contribution in [0, 0.1) is 0 Å². The number of alkyl halides is 3. The van der Waals surface area contributed by atoms with E-state index in [1.165, 1.54) is 10.6 Å². The van der Waals surface area contributed by atoms with Gasteiger partial charge in [-0.05, 0) is 19.1 Å². The molecule has 0 bridgehead atoms. The maximum Gasteiger partial charge on any atom is 0.433 e. The summed E-state index contributed by atoms with van der Waals surface area (Å²) >= 11 is 5.84. The van der Waals surface area contributed by atoms with Crippen molar-refractivity contribution in [2.45, 2.75) is 13.1 Å². The molecule has 0 fully saturated rings. The molecular formula is C15H12ClF3N4. The van der Waals surface area contributed by atoms with Crippen LogP contribution in [0.1, 0.15) is 12.6 Å². The average molecular weight is 341 g/mol. The molecule has 4 nitrogen and oxygen atoms in total. The van der Waals surface area contributed by atoms with E-state index in [1.807, 2.05) is 0 Å². The van der Waals surface area contributed by atoms with Gasteiger partial charge in [0.15, 0.2) is 11.3 Å². The highest BCUT2D eigenvalue weighted by Crippen LogP contribution is 2.31. The number of rotatable bonds is 3. The molecule has 0 aliphatic carbocycles. The molecule has 0 saturated heterocycles. The van der Waals surface area contributed by atoms with E-state index in [2.05, 4.69) is 15.4 Å². The Morgan fingerprint density at radius 3 is 2.48 bits per heavy atom. The normalized spacial score (nSPS) is 11.9. The van der Waals surface area contributed by atoms with E-state index in [0.29, 0.717) is 17.3 Å². The Balaban J connectivity index is 2.17. The zero-order chi connectivity index (χ0) is 16.6. The SMILES string of the molecule is CCNc1cc(C(F)(F)F)nc2cc(-c3ccc(Cl)cc3)nn12. The second kappa shape index (κ2) is 5.73. The Labute approximate surface area is 134 Å². The molecular weight excluding hydrogens is 329 g/mol. The van der Waals surface area contributed by atoms with Gasteiger partial charge in [-0.3, -0.25) is 0 Å². The monoisotopic (exact) mass is 340 g/mol. The third-order valence-corrected chi connectivity index (χ3v) is 3.47. The summed E-state index contributed by atoms with van der Waals surface area (Å²) in [6.45, 7) is 2.26. The lowest BCUT2D eigenvalue weighted by molar-refractivity contribution is -0.141. The molecule has 1 N–H and O–H groups in total. The Morgan fingerprint density at radius 1 is 1.17 bits per heavy atom. The molecule has 0 unspecified atom stereocenters. The molecule has 8 heteroatoms. The first-order valence-electron chi connectivity index (χ1n) is 6.86. The Hall–Kier alpha value is -2.28. The number of anilines is 1. The van der Waals surface area contributed by atoms with Crippen molar-refractivity contribution in [1.82, 2.24) is 14.6 Å². The summed E-state index contributed by atoms with van der Waals surface area (Å²) in [6.07, 6.45) is -4.52. The fourth-order valence-corrected chi connectivity index (χ4v) is 2.31. The van der Waals surface area contributed by atoms with Crippen molar-refractivity contribution in [2.24, 2.45) is 0 Å². The minimum absolute atomic E-state index is 0.126. The average Bonchev–Trinajstić information content (AvgIpc) is 2.91. The molecule has 3 rings (SSSR count). The molecule has 0 spiro atoms. The Bertz CT molecular complexity index is 840. The molecule has 0 atom stereocenters. The van der Waals surface area contributed by atoms with Gasteiger partial charge in [-0.25, -0.2) is 4.98 Å². The zero-order valence-electron chi connectivity index (χ0n) is 12.0. The molecule has 0 saturated carbocycles. The summed E-state index contributed by atoms with van der Waals surface area (Å²) in [6, 6.07) is 9.36. The van der Waals surface area contributed by atoms with Crippen molar-refractivity contribution < 1.29 is 13.2 Å². The van der Waals surface area contributed by atoms with Crippen molar-refractivity contribution in [3.05, 3.63) is 47.1 Å². The Kier molecular flexibility index (Phi) is 3.89. The molecule has 0 aliphatic heterocycles. The number of nitrogens with one attached hydrogen (secondary N) is 1. The first kappa shape index (κ1) is 15.6. The van der Waals surface area contributed by atoms with E-state index in [0.717, 1.165) is 11.6 Å². The third-order valence-electron chi connectivity index (χ3n) is 3.22. The second-order valence-electron chi connectivity index (χ2n) is 4.86. The fraction of sp³-hybridized carbons (Fsp3) is 0.200. The summed E-state index contributed by atoms with van der Waals surface area (Å²) < 4.78 is 40.3.